The minimum atomic E-state index is -0.130. The summed E-state index contributed by atoms with van der Waals surface area (Å²) >= 11 is 3.31. The number of hydrogen-bond donors (Lipinski definition) is 1. The van der Waals surface area contributed by atoms with Gasteiger partial charge in [0.2, 0.25) is 0 Å². The second kappa shape index (κ2) is 6.29. The highest BCUT2D eigenvalue weighted by atomic mass is 79.9. The second-order valence-electron chi connectivity index (χ2n) is 3.45. The summed E-state index contributed by atoms with van der Waals surface area (Å²) in [6.45, 7) is 1.95. The molecule has 0 fully saturated rings. The van der Waals surface area contributed by atoms with Gasteiger partial charge in [-0.15, -0.1) is 0 Å². The van der Waals surface area contributed by atoms with Crippen molar-refractivity contribution < 1.29 is 4.79 Å². The van der Waals surface area contributed by atoms with Gasteiger partial charge in [0.25, 0.3) is 5.91 Å². The van der Waals surface area contributed by atoms with Gasteiger partial charge in [0, 0.05) is 16.1 Å². The Morgan fingerprint density at radius 3 is 2.62 bits per heavy atom. The minimum absolute atomic E-state index is 0.0684. The van der Waals surface area contributed by atoms with Crippen LogP contribution in [0.2, 0.25) is 0 Å². The summed E-state index contributed by atoms with van der Waals surface area (Å²) in [4.78, 5) is 11.8. The maximum atomic E-state index is 11.8. The molecule has 84 valence electrons. The fourth-order valence-corrected chi connectivity index (χ4v) is 1.54. The molecule has 0 heterocycles. The number of hydrogen-bond acceptors (Lipinski definition) is 2. The van der Waals surface area contributed by atoms with Crippen molar-refractivity contribution in [2.75, 3.05) is 0 Å². The van der Waals surface area contributed by atoms with Gasteiger partial charge in [-0.1, -0.05) is 22.9 Å². The molecule has 0 radical (unpaired) electrons. The molecular formula is C12H13BrN2O. The molecule has 16 heavy (non-hydrogen) atoms. The second-order valence-corrected chi connectivity index (χ2v) is 4.36. The largest absolute Gasteiger partial charge is 0.348 e. The molecule has 1 aromatic rings. The molecule has 1 aromatic carbocycles. The van der Waals surface area contributed by atoms with Crippen LogP contribution in [-0.4, -0.2) is 11.9 Å². The van der Waals surface area contributed by atoms with E-state index in [9.17, 15) is 4.79 Å². The monoisotopic (exact) mass is 280 g/mol. The molecule has 4 heteroatoms. The van der Waals surface area contributed by atoms with E-state index in [0.29, 0.717) is 12.0 Å². The van der Waals surface area contributed by atoms with Crippen molar-refractivity contribution in [1.82, 2.24) is 5.32 Å². The number of nitrogens with zero attached hydrogens (tertiary/aromatic N) is 1. The molecule has 0 saturated carbocycles. The zero-order chi connectivity index (χ0) is 12.0. The van der Waals surface area contributed by atoms with Gasteiger partial charge in [-0.25, -0.2) is 0 Å². The van der Waals surface area contributed by atoms with E-state index in [0.717, 1.165) is 10.9 Å². The average molecular weight is 281 g/mol. The van der Waals surface area contributed by atoms with E-state index in [4.69, 9.17) is 5.26 Å². The number of carbonyl (C=O) groups excluding carboxylic acids is 1. The van der Waals surface area contributed by atoms with Crippen molar-refractivity contribution in [2.24, 2.45) is 0 Å². The molecule has 1 atom stereocenters. The van der Waals surface area contributed by atoms with Crippen LogP contribution in [0.15, 0.2) is 28.7 Å². The molecular weight excluding hydrogens is 268 g/mol. The maximum absolute atomic E-state index is 11.8. The Morgan fingerprint density at radius 1 is 1.50 bits per heavy atom. The molecule has 1 rings (SSSR count). The van der Waals surface area contributed by atoms with Gasteiger partial charge in [-0.2, -0.15) is 5.26 Å². The summed E-state index contributed by atoms with van der Waals surface area (Å²) in [5.41, 5.74) is 0.611. The first-order valence-corrected chi connectivity index (χ1v) is 5.90. The molecule has 0 aromatic heterocycles. The molecule has 0 aliphatic rings. The lowest BCUT2D eigenvalue weighted by atomic mass is 10.1. The predicted octanol–water partition coefficient (Wildman–Crippen LogP) is 2.87. The summed E-state index contributed by atoms with van der Waals surface area (Å²) < 4.78 is 0.938. The van der Waals surface area contributed by atoms with Gasteiger partial charge in [0.1, 0.15) is 0 Å². The highest BCUT2D eigenvalue weighted by Gasteiger charge is 2.11. The average Bonchev–Trinajstić information content (AvgIpc) is 2.29. The highest BCUT2D eigenvalue weighted by molar-refractivity contribution is 9.10. The Balaban J connectivity index is 2.65. The van der Waals surface area contributed by atoms with E-state index in [1.54, 1.807) is 12.1 Å². The molecule has 1 amide bonds. The summed E-state index contributed by atoms with van der Waals surface area (Å²) in [6.07, 6.45) is 1.11. The number of amides is 1. The van der Waals surface area contributed by atoms with Crippen LogP contribution in [0.1, 0.15) is 30.1 Å². The van der Waals surface area contributed by atoms with E-state index in [-0.39, 0.29) is 11.9 Å². The topological polar surface area (TPSA) is 52.9 Å². The quantitative estimate of drug-likeness (QED) is 0.922. The summed E-state index contributed by atoms with van der Waals surface area (Å²) in [5, 5.41) is 11.4. The Hall–Kier alpha value is -1.34. The van der Waals surface area contributed by atoms with Crippen LogP contribution < -0.4 is 5.32 Å². The van der Waals surface area contributed by atoms with Crippen LogP contribution in [0.5, 0.6) is 0 Å². The van der Waals surface area contributed by atoms with Crippen LogP contribution in [0.3, 0.4) is 0 Å². The van der Waals surface area contributed by atoms with Crippen molar-refractivity contribution in [3.63, 3.8) is 0 Å². The normalized spacial score (nSPS) is 11.6. The number of halogens is 1. The summed E-state index contributed by atoms with van der Waals surface area (Å²) in [7, 11) is 0. The lowest BCUT2D eigenvalue weighted by molar-refractivity contribution is 0.0936. The number of nitriles is 1. The first kappa shape index (κ1) is 12.7. The van der Waals surface area contributed by atoms with Crippen molar-refractivity contribution >= 4 is 21.8 Å². The molecule has 0 saturated heterocycles. The zero-order valence-electron chi connectivity index (χ0n) is 9.03. The summed E-state index contributed by atoms with van der Waals surface area (Å²) in [6, 6.07) is 9.13. The van der Waals surface area contributed by atoms with Crippen LogP contribution in [0.4, 0.5) is 0 Å². The first-order valence-electron chi connectivity index (χ1n) is 5.10. The number of rotatable bonds is 4. The molecule has 1 N–H and O–H groups in total. The Bertz CT molecular complexity index is 394. The van der Waals surface area contributed by atoms with E-state index >= 15 is 0 Å². The van der Waals surface area contributed by atoms with E-state index in [1.807, 2.05) is 19.1 Å². The van der Waals surface area contributed by atoms with Gasteiger partial charge >= 0.3 is 0 Å². The number of nitrogens with one attached hydrogen (secondary N) is 1. The van der Waals surface area contributed by atoms with Crippen molar-refractivity contribution in [2.45, 2.75) is 25.8 Å². The molecule has 0 aliphatic heterocycles. The summed E-state index contributed by atoms with van der Waals surface area (Å²) in [5.74, 6) is -0.130. The number of carbonyl (C=O) groups is 1. The third-order valence-electron chi connectivity index (χ3n) is 2.27. The minimum Gasteiger partial charge on any atom is -0.348 e. The predicted molar refractivity (Wildman–Crippen MR) is 65.9 cm³/mol. The first-order chi connectivity index (χ1) is 7.67. The Morgan fingerprint density at radius 2 is 2.12 bits per heavy atom. The van der Waals surface area contributed by atoms with E-state index in [2.05, 4.69) is 27.3 Å². The fourth-order valence-electron chi connectivity index (χ4n) is 1.28. The van der Waals surface area contributed by atoms with Crippen molar-refractivity contribution in [3.05, 3.63) is 34.3 Å². The van der Waals surface area contributed by atoms with Crippen LogP contribution in [-0.2, 0) is 0 Å². The SMILES string of the molecule is CCC(CC#N)NC(=O)c1ccc(Br)cc1. The maximum Gasteiger partial charge on any atom is 0.251 e. The lowest BCUT2D eigenvalue weighted by Gasteiger charge is -2.13. The molecule has 0 spiro atoms. The lowest BCUT2D eigenvalue weighted by Crippen LogP contribution is -2.34. The van der Waals surface area contributed by atoms with Gasteiger partial charge < -0.3 is 5.32 Å². The molecule has 0 aliphatic carbocycles. The molecule has 3 nitrogen and oxygen atoms in total. The number of benzene rings is 1. The smallest absolute Gasteiger partial charge is 0.251 e. The Labute approximate surface area is 104 Å². The fraction of sp³-hybridized carbons (Fsp3) is 0.333. The van der Waals surface area contributed by atoms with Gasteiger partial charge in [0.05, 0.1) is 12.5 Å². The molecule has 0 bridgehead atoms. The zero-order valence-corrected chi connectivity index (χ0v) is 10.6. The van der Waals surface area contributed by atoms with Crippen LogP contribution in [0, 0.1) is 11.3 Å². The standard InChI is InChI=1S/C12H13BrN2O/c1-2-11(7-8-14)15-12(16)9-3-5-10(13)6-4-9/h3-6,11H,2,7H2,1H3,(H,15,16). The highest BCUT2D eigenvalue weighted by Crippen LogP contribution is 2.10. The van der Waals surface area contributed by atoms with Gasteiger partial charge in [0.15, 0.2) is 0 Å². The third kappa shape index (κ3) is 3.67. The van der Waals surface area contributed by atoms with E-state index in [1.165, 1.54) is 0 Å². The van der Waals surface area contributed by atoms with Crippen molar-refractivity contribution in [3.8, 4) is 6.07 Å². The van der Waals surface area contributed by atoms with Gasteiger partial charge in [-0.05, 0) is 30.7 Å². The Kier molecular flexibility index (Phi) is 5.00. The van der Waals surface area contributed by atoms with E-state index < -0.39 is 0 Å². The van der Waals surface area contributed by atoms with Gasteiger partial charge in [-0.3, -0.25) is 4.79 Å². The van der Waals surface area contributed by atoms with Crippen LogP contribution in [0.25, 0.3) is 0 Å². The van der Waals surface area contributed by atoms with Crippen LogP contribution >= 0.6 is 15.9 Å². The third-order valence-corrected chi connectivity index (χ3v) is 2.80. The molecule has 1 unspecified atom stereocenters. The van der Waals surface area contributed by atoms with Crippen molar-refractivity contribution in [1.29, 1.82) is 5.26 Å².